The van der Waals surface area contributed by atoms with Crippen molar-refractivity contribution in [1.29, 1.82) is 0 Å². The summed E-state index contributed by atoms with van der Waals surface area (Å²) in [6.07, 6.45) is 0.110. The number of ether oxygens (including phenoxy) is 2. The summed E-state index contributed by atoms with van der Waals surface area (Å²) in [5.41, 5.74) is 0.767. The number of hydrogen-bond acceptors (Lipinski definition) is 7. The molecule has 2 aromatic carbocycles. The Kier molecular flexibility index (Phi) is 7.03. The molecule has 30 heavy (non-hydrogen) atoms. The third-order valence-corrected chi connectivity index (χ3v) is 7.13. The Morgan fingerprint density at radius 2 is 1.87 bits per heavy atom. The van der Waals surface area contributed by atoms with Crippen molar-refractivity contribution in [1.82, 2.24) is 5.23 Å². The molecule has 1 N–H and O–H groups in total. The summed E-state index contributed by atoms with van der Waals surface area (Å²) in [6.45, 7) is 0.249. The van der Waals surface area contributed by atoms with Crippen molar-refractivity contribution in [3.8, 4) is 5.75 Å². The minimum atomic E-state index is -3.88. The van der Waals surface area contributed by atoms with Crippen LogP contribution in [0, 0.1) is 11.7 Å². The van der Waals surface area contributed by atoms with Gasteiger partial charge in [-0.05, 0) is 48.4 Å². The summed E-state index contributed by atoms with van der Waals surface area (Å²) in [6, 6.07) is 11.7. The van der Waals surface area contributed by atoms with E-state index in [9.17, 15) is 22.8 Å². The van der Waals surface area contributed by atoms with E-state index in [0.717, 1.165) is 12.7 Å². The number of hydroxylamine groups is 2. The van der Waals surface area contributed by atoms with Crippen LogP contribution in [0.2, 0.25) is 0 Å². The van der Waals surface area contributed by atoms with Crippen LogP contribution in [0.3, 0.4) is 0 Å². The average Bonchev–Trinajstić information content (AvgIpc) is 2.78. The van der Waals surface area contributed by atoms with E-state index in [0.29, 0.717) is 5.75 Å². The van der Waals surface area contributed by atoms with Crippen LogP contribution in [-0.4, -0.2) is 50.3 Å². The van der Waals surface area contributed by atoms with Gasteiger partial charge in [-0.3, -0.25) is 10.0 Å². The predicted molar refractivity (Wildman–Crippen MR) is 103 cm³/mol. The molecule has 2 aromatic rings. The molecule has 3 rings (SSSR count). The number of nitrogens with zero attached hydrogens (tertiary/aromatic N) is 1. The van der Waals surface area contributed by atoms with Gasteiger partial charge in [-0.15, -0.1) is 0 Å². The minimum Gasteiger partial charge on any atom is -0.489 e. The van der Waals surface area contributed by atoms with Gasteiger partial charge in [0.15, 0.2) is 9.84 Å². The SMILES string of the molecule is CON(O)C(=O)C1COCCC1S(=O)(=O)c1ccc(OCc2ccc(F)cc2)cc1. The lowest BCUT2D eigenvalue weighted by atomic mass is 10.0. The van der Waals surface area contributed by atoms with Gasteiger partial charge in [0.1, 0.15) is 18.2 Å². The third kappa shape index (κ3) is 4.96. The molecule has 8 nitrogen and oxygen atoms in total. The third-order valence-electron chi connectivity index (χ3n) is 4.84. The molecule has 0 bridgehead atoms. The van der Waals surface area contributed by atoms with Gasteiger partial charge in [-0.1, -0.05) is 17.4 Å². The quantitative estimate of drug-likeness (QED) is 0.522. The first kappa shape index (κ1) is 22.2. The normalized spacial score (nSPS) is 19.3. The molecular weight excluding hydrogens is 417 g/mol. The smallest absolute Gasteiger partial charge is 0.279 e. The number of hydrogen-bond donors (Lipinski definition) is 1. The summed E-state index contributed by atoms with van der Waals surface area (Å²) in [4.78, 5) is 16.8. The van der Waals surface area contributed by atoms with Crippen molar-refractivity contribution >= 4 is 15.7 Å². The van der Waals surface area contributed by atoms with Gasteiger partial charge in [-0.25, -0.2) is 17.6 Å². The second-order valence-corrected chi connectivity index (χ2v) is 8.90. The Hall–Kier alpha value is -2.53. The number of amides is 1. The summed E-state index contributed by atoms with van der Waals surface area (Å²) in [5, 5.41) is 8.47. The molecule has 2 atom stereocenters. The van der Waals surface area contributed by atoms with E-state index in [1.807, 2.05) is 0 Å². The van der Waals surface area contributed by atoms with Crippen molar-refractivity contribution in [2.45, 2.75) is 23.2 Å². The molecule has 1 aliphatic heterocycles. The maximum atomic E-state index is 13.1. The average molecular weight is 439 g/mol. The minimum absolute atomic E-state index is 0.0221. The van der Waals surface area contributed by atoms with E-state index in [1.165, 1.54) is 36.4 Å². The maximum Gasteiger partial charge on any atom is 0.279 e. The van der Waals surface area contributed by atoms with Crippen LogP contribution in [0.25, 0.3) is 0 Å². The summed E-state index contributed by atoms with van der Waals surface area (Å²) < 4.78 is 50.0. The molecule has 2 unspecified atom stereocenters. The fourth-order valence-corrected chi connectivity index (χ4v) is 5.10. The van der Waals surface area contributed by atoms with E-state index >= 15 is 0 Å². The fourth-order valence-electron chi connectivity index (χ4n) is 3.20. The van der Waals surface area contributed by atoms with Crippen LogP contribution < -0.4 is 4.74 Å². The molecule has 0 saturated carbocycles. The van der Waals surface area contributed by atoms with Crippen LogP contribution in [0.1, 0.15) is 12.0 Å². The Balaban J connectivity index is 1.73. The summed E-state index contributed by atoms with van der Waals surface area (Å²) in [7, 11) is -2.78. The van der Waals surface area contributed by atoms with Gasteiger partial charge in [0.05, 0.1) is 29.8 Å². The lowest BCUT2D eigenvalue weighted by molar-refractivity contribution is -0.305. The molecule has 10 heteroatoms. The number of sulfone groups is 1. The van der Waals surface area contributed by atoms with Gasteiger partial charge < -0.3 is 9.47 Å². The zero-order valence-electron chi connectivity index (χ0n) is 16.2. The summed E-state index contributed by atoms with van der Waals surface area (Å²) >= 11 is 0. The molecule has 0 spiro atoms. The van der Waals surface area contributed by atoms with Gasteiger partial charge in [0, 0.05) is 6.61 Å². The molecular formula is C20H22FNO7S. The molecule has 1 heterocycles. The Bertz CT molecular complexity index is 964. The Morgan fingerprint density at radius 3 is 2.50 bits per heavy atom. The molecule has 162 valence electrons. The maximum absolute atomic E-state index is 13.1. The van der Waals surface area contributed by atoms with Gasteiger partial charge >= 0.3 is 0 Å². The fraction of sp³-hybridized carbons (Fsp3) is 0.350. The van der Waals surface area contributed by atoms with E-state index in [2.05, 4.69) is 4.84 Å². The first-order valence-electron chi connectivity index (χ1n) is 9.19. The second-order valence-electron chi connectivity index (χ2n) is 6.73. The molecule has 0 radical (unpaired) electrons. The number of carbonyl (C=O) groups excluding carboxylic acids is 1. The molecule has 0 aromatic heterocycles. The van der Waals surface area contributed by atoms with Crippen LogP contribution in [-0.2, 0) is 30.8 Å². The standard InChI is InChI=1S/C20H22FNO7S/c1-27-22(24)20(23)18-13-28-11-10-19(18)30(25,26)17-8-6-16(7-9-17)29-12-14-2-4-15(21)5-3-14/h2-9,18-19,24H,10-13H2,1H3. The van der Waals surface area contributed by atoms with Crippen molar-refractivity contribution in [3.63, 3.8) is 0 Å². The topological polar surface area (TPSA) is 102 Å². The number of halogens is 1. The van der Waals surface area contributed by atoms with Crippen molar-refractivity contribution in [3.05, 3.63) is 59.9 Å². The molecule has 1 aliphatic rings. The summed E-state index contributed by atoms with van der Waals surface area (Å²) in [5.74, 6) is -1.88. The van der Waals surface area contributed by atoms with E-state index in [4.69, 9.17) is 9.47 Å². The second kappa shape index (κ2) is 9.52. The molecule has 1 saturated heterocycles. The highest BCUT2D eigenvalue weighted by atomic mass is 32.2. The van der Waals surface area contributed by atoms with Gasteiger partial charge in [0.2, 0.25) is 0 Å². The van der Waals surface area contributed by atoms with Crippen LogP contribution in [0.5, 0.6) is 5.75 Å². The Morgan fingerprint density at radius 1 is 1.20 bits per heavy atom. The highest BCUT2D eigenvalue weighted by molar-refractivity contribution is 7.92. The number of carbonyl (C=O) groups is 1. The first-order valence-corrected chi connectivity index (χ1v) is 10.7. The zero-order valence-corrected chi connectivity index (χ0v) is 17.0. The van der Waals surface area contributed by atoms with Crippen molar-refractivity contribution in [2.75, 3.05) is 20.3 Å². The molecule has 1 amide bonds. The zero-order chi connectivity index (χ0) is 21.7. The Labute approximate surface area is 173 Å². The van der Waals surface area contributed by atoms with E-state index in [-0.39, 0.29) is 42.2 Å². The van der Waals surface area contributed by atoms with Crippen LogP contribution in [0.15, 0.2) is 53.4 Å². The predicted octanol–water partition coefficient (Wildman–Crippen LogP) is 2.36. The van der Waals surface area contributed by atoms with Gasteiger partial charge in [0.25, 0.3) is 5.91 Å². The van der Waals surface area contributed by atoms with Crippen LogP contribution in [0.4, 0.5) is 4.39 Å². The van der Waals surface area contributed by atoms with E-state index < -0.39 is 26.9 Å². The first-order chi connectivity index (χ1) is 14.3. The van der Waals surface area contributed by atoms with E-state index in [1.54, 1.807) is 12.1 Å². The highest BCUT2D eigenvalue weighted by Gasteiger charge is 2.43. The monoisotopic (exact) mass is 439 g/mol. The number of rotatable bonds is 7. The van der Waals surface area contributed by atoms with Crippen LogP contribution >= 0.6 is 0 Å². The molecule has 0 aliphatic carbocycles. The van der Waals surface area contributed by atoms with Crippen molar-refractivity contribution < 1.29 is 37.1 Å². The lowest BCUT2D eigenvalue weighted by Crippen LogP contribution is -2.47. The molecule has 1 fully saturated rings. The largest absolute Gasteiger partial charge is 0.489 e. The van der Waals surface area contributed by atoms with Crippen molar-refractivity contribution in [2.24, 2.45) is 5.92 Å². The lowest BCUT2D eigenvalue weighted by Gasteiger charge is -2.31. The number of benzene rings is 2. The van der Waals surface area contributed by atoms with Gasteiger partial charge in [-0.2, -0.15) is 0 Å². The highest BCUT2D eigenvalue weighted by Crippen LogP contribution is 2.30.